The van der Waals surface area contributed by atoms with Gasteiger partial charge < -0.3 is 25.8 Å². The summed E-state index contributed by atoms with van der Waals surface area (Å²) < 4.78 is 7.34. The Balaban J connectivity index is 2.07. The molecule has 0 saturated carbocycles. The highest BCUT2D eigenvalue weighted by molar-refractivity contribution is 14.1. The summed E-state index contributed by atoms with van der Waals surface area (Å²) in [5.74, 6) is 0.227. The number of fused-ring (bicyclic) bond motifs is 1. The summed E-state index contributed by atoms with van der Waals surface area (Å²) in [6.45, 7) is -0.393. The molecule has 10 heteroatoms. The zero-order valence-electron chi connectivity index (χ0n) is 10.1. The molecule has 9 nitrogen and oxygen atoms in total. The fraction of sp³-hybridized carbons (Fsp3) is 0.500. The second-order valence-electron chi connectivity index (χ2n) is 4.43. The van der Waals surface area contributed by atoms with E-state index in [1.807, 2.05) is 22.6 Å². The van der Waals surface area contributed by atoms with Gasteiger partial charge in [0.2, 0.25) is 0 Å². The van der Waals surface area contributed by atoms with Gasteiger partial charge in [-0.25, -0.2) is 15.0 Å². The minimum Gasteiger partial charge on any atom is -0.394 e. The number of nitrogens with two attached hydrogens (primary N) is 1. The maximum absolute atomic E-state index is 10.0. The summed E-state index contributed by atoms with van der Waals surface area (Å²) in [6.07, 6.45) is -2.71. The summed E-state index contributed by atoms with van der Waals surface area (Å²) in [5, 5.41) is 28.9. The van der Waals surface area contributed by atoms with E-state index in [4.69, 9.17) is 15.6 Å². The van der Waals surface area contributed by atoms with Crippen molar-refractivity contribution in [3.63, 3.8) is 0 Å². The quantitative estimate of drug-likeness (QED) is 0.362. The summed E-state index contributed by atoms with van der Waals surface area (Å²) in [7, 11) is 0. The van der Waals surface area contributed by atoms with Gasteiger partial charge >= 0.3 is 0 Å². The third-order valence-corrected chi connectivity index (χ3v) is 3.69. The predicted octanol–water partition coefficient (Wildman–Crippen LogP) is -1.38. The number of anilines is 1. The van der Waals surface area contributed by atoms with Crippen LogP contribution in [0.2, 0.25) is 0 Å². The van der Waals surface area contributed by atoms with Crippen LogP contribution in [-0.4, -0.2) is 59.8 Å². The van der Waals surface area contributed by atoms with Crippen molar-refractivity contribution < 1.29 is 20.1 Å². The van der Waals surface area contributed by atoms with Crippen LogP contribution in [0.15, 0.2) is 6.33 Å². The average molecular weight is 393 g/mol. The van der Waals surface area contributed by atoms with Crippen molar-refractivity contribution >= 4 is 39.6 Å². The van der Waals surface area contributed by atoms with Gasteiger partial charge in [0.1, 0.15) is 23.8 Å². The second kappa shape index (κ2) is 5.04. The summed E-state index contributed by atoms with van der Waals surface area (Å²) in [5.41, 5.74) is 6.55. The molecule has 1 saturated heterocycles. The zero-order valence-corrected chi connectivity index (χ0v) is 12.2. The molecule has 2 aromatic heterocycles. The number of aliphatic hydroxyl groups is 3. The van der Waals surface area contributed by atoms with E-state index in [1.165, 1.54) is 10.9 Å². The van der Waals surface area contributed by atoms with E-state index in [2.05, 4.69) is 15.0 Å². The number of halogens is 1. The van der Waals surface area contributed by atoms with Gasteiger partial charge in [-0.15, -0.1) is 0 Å². The zero-order chi connectivity index (χ0) is 14.4. The molecule has 2 unspecified atom stereocenters. The summed E-state index contributed by atoms with van der Waals surface area (Å²) in [6, 6.07) is 0. The molecule has 1 aliphatic heterocycles. The Labute approximate surface area is 126 Å². The molecule has 2 aromatic rings. The van der Waals surface area contributed by atoms with Gasteiger partial charge in [-0.3, -0.25) is 4.57 Å². The van der Waals surface area contributed by atoms with E-state index in [0.29, 0.717) is 15.0 Å². The molecule has 0 spiro atoms. The maximum Gasteiger partial charge on any atom is 0.194 e. The first-order chi connectivity index (χ1) is 9.52. The van der Waals surface area contributed by atoms with Crippen LogP contribution < -0.4 is 5.73 Å². The molecular formula is C10H12IN5O4. The Hall–Kier alpha value is -1.08. The topological polar surface area (TPSA) is 140 Å². The summed E-state index contributed by atoms with van der Waals surface area (Å²) >= 11 is 1.92. The molecule has 108 valence electrons. The minimum absolute atomic E-state index is 0.227. The molecule has 0 radical (unpaired) electrons. The van der Waals surface area contributed by atoms with Crippen LogP contribution in [0.1, 0.15) is 6.23 Å². The first-order valence-corrected chi connectivity index (χ1v) is 6.88. The van der Waals surface area contributed by atoms with Crippen molar-refractivity contribution in [1.82, 2.24) is 19.5 Å². The van der Waals surface area contributed by atoms with E-state index in [1.54, 1.807) is 0 Å². The van der Waals surface area contributed by atoms with Crippen molar-refractivity contribution in [2.45, 2.75) is 24.5 Å². The lowest BCUT2D eigenvalue weighted by Gasteiger charge is -2.16. The van der Waals surface area contributed by atoms with Crippen LogP contribution in [-0.2, 0) is 4.74 Å². The number of nitrogen functional groups attached to an aromatic ring is 1. The minimum atomic E-state index is -1.20. The predicted molar refractivity (Wildman–Crippen MR) is 75.5 cm³/mol. The monoisotopic (exact) mass is 393 g/mol. The molecule has 3 heterocycles. The van der Waals surface area contributed by atoms with Crippen molar-refractivity contribution in [2.24, 2.45) is 0 Å². The third kappa shape index (κ3) is 2.03. The molecule has 0 amide bonds. The average Bonchev–Trinajstić information content (AvgIpc) is 2.93. The number of aliphatic hydroxyl groups excluding tert-OH is 3. The molecule has 5 N–H and O–H groups in total. The molecule has 0 aromatic carbocycles. The molecule has 20 heavy (non-hydrogen) atoms. The Morgan fingerprint density at radius 1 is 1.35 bits per heavy atom. The Morgan fingerprint density at radius 3 is 2.75 bits per heavy atom. The van der Waals surface area contributed by atoms with E-state index in [9.17, 15) is 10.2 Å². The third-order valence-electron chi connectivity index (χ3n) is 3.21. The standard InChI is InChI=1S/C10H12IN5O4/c11-10-14-7(12)4-8(15-10)16(2-13-4)9-6(19)5(18)3(1-17)20-9/h2-3,5-6,9,17-19H,1H2,(H2,12,14,15)/t3?,5-,6-,9?/m1/s1. The van der Waals surface area contributed by atoms with Crippen molar-refractivity contribution in [2.75, 3.05) is 12.3 Å². The summed E-state index contributed by atoms with van der Waals surface area (Å²) in [4.78, 5) is 12.3. The van der Waals surface area contributed by atoms with Gasteiger partial charge in [0.05, 0.1) is 12.9 Å². The second-order valence-corrected chi connectivity index (χ2v) is 5.40. The van der Waals surface area contributed by atoms with Crippen molar-refractivity contribution in [3.05, 3.63) is 10.2 Å². The van der Waals surface area contributed by atoms with Gasteiger partial charge in [0.25, 0.3) is 0 Å². The van der Waals surface area contributed by atoms with Crippen LogP contribution in [0.5, 0.6) is 0 Å². The Bertz CT molecular complexity index is 650. The molecule has 0 aliphatic carbocycles. The fourth-order valence-electron chi connectivity index (χ4n) is 2.21. The molecule has 0 bridgehead atoms. The first kappa shape index (κ1) is 13.9. The van der Waals surface area contributed by atoms with E-state index in [0.717, 1.165) is 0 Å². The number of hydrogen-bond donors (Lipinski definition) is 4. The number of hydrogen-bond acceptors (Lipinski definition) is 8. The normalized spacial score (nSPS) is 30.2. The van der Waals surface area contributed by atoms with Crippen molar-refractivity contribution in [1.29, 1.82) is 0 Å². The van der Waals surface area contributed by atoms with Crippen LogP contribution >= 0.6 is 22.6 Å². The molecular weight excluding hydrogens is 381 g/mol. The van der Waals surface area contributed by atoms with E-state index in [-0.39, 0.29) is 5.82 Å². The number of imidazole rings is 1. The SMILES string of the molecule is Nc1nc(I)nc2c1ncn2C1OC(CO)[C@@H](O)[C@H]1O. The van der Waals surface area contributed by atoms with Gasteiger partial charge in [-0.05, 0) is 0 Å². The lowest BCUT2D eigenvalue weighted by molar-refractivity contribution is -0.0511. The highest BCUT2D eigenvalue weighted by atomic mass is 127. The number of rotatable bonds is 2. The number of ether oxygens (including phenoxy) is 1. The van der Waals surface area contributed by atoms with Gasteiger partial charge in [0, 0.05) is 22.6 Å². The first-order valence-electron chi connectivity index (χ1n) is 5.81. The maximum atomic E-state index is 10.0. The largest absolute Gasteiger partial charge is 0.394 e. The Kier molecular flexibility index (Phi) is 3.50. The Morgan fingerprint density at radius 2 is 2.10 bits per heavy atom. The highest BCUT2D eigenvalue weighted by Crippen LogP contribution is 2.31. The highest BCUT2D eigenvalue weighted by Gasteiger charge is 2.44. The molecule has 4 atom stereocenters. The molecule has 1 aliphatic rings. The number of aromatic nitrogens is 4. The van der Waals surface area contributed by atoms with Crippen LogP contribution in [0.25, 0.3) is 11.2 Å². The van der Waals surface area contributed by atoms with Crippen molar-refractivity contribution in [3.8, 4) is 0 Å². The lowest BCUT2D eigenvalue weighted by Crippen LogP contribution is -2.33. The molecule has 1 fully saturated rings. The smallest absolute Gasteiger partial charge is 0.194 e. The lowest BCUT2D eigenvalue weighted by atomic mass is 10.1. The van der Waals surface area contributed by atoms with E-state index >= 15 is 0 Å². The molecule has 3 rings (SSSR count). The van der Waals surface area contributed by atoms with Gasteiger partial charge in [-0.2, -0.15) is 0 Å². The fourth-order valence-corrected chi connectivity index (χ4v) is 2.70. The van der Waals surface area contributed by atoms with Crippen LogP contribution in [0, 0.1) is 3.83 Å². The van der Waals surface area contributed by atoms with Crippen LogP contribution in [0.4, 0.5) is 5.82 Å². The van der Waals surface area contributed by atoms with Crippen LogP contribution in [0.3, 0.4) is 0 Å². The van der Waals surface area contributed by atoms with Gasteiger partial charge in [-0.1, -0.05) is 0 Å². The van der Waals surface area contributed by atoms with E-state index < -0.39 is 31.1 Å². The van der Waals surface area contributed by atoms with Gasteiger partial charge in [0.15, 0.2) is 21.5 Å². The number of nitrogens with zero attached hydrogens (tertiary/aromatic N) is 4.